The molecule has 5 heteroatoms. The van der Waals surface area contributed by atoms with Crippen molar-refractivity contribution in [1.82, 2.24) is 10.3 Å². The Morgan fingerprint density at radius 3 is 3.00 bits per heavy atom. The summed E-state index contributed by atoms with van der Waals surface area (Å²) in [5.41, 5.74) is 2.25. The highest BCUT2D eigenvalue weighted by atomic mass is 79.9. The first kappa shape index (κ1) is 13.2. The summed E-state index contributed by atoms with van der Waals surface area (Å²) >= 11 is 5.34. The number of aromatic nitrogens is 1. The lowest BCUT2D eigenvalue weighted by Crippen LogP contribution is -2.34. The Kier molecular flexibility index (Phi) is 3.98. The predicted octanol–water partition coefficient (Wildman–Crippen LogP) is 3.54. The lowest BCUT2D eigenvalue weighted by molar-refractivity contribution is 0.0777. The van der Waals surface area contributed by atoms with Gasteiger partial charge in [0.15, 0.2) is 0 Å². The normalized spacial score (nSPS) is 19.6. The Balaban J connectivity index is 1.95. The molecule has 0 amide bonds. The molecule has 100 valence electrons. The summed E-state index contributed by atoms with van der Waals surface area (Å²) < 4.78 is 6.62. The van der Waals surface area contributed by atoms with Crippen LogP contribution in [0.5, 0.6) is 0 Å². The van der Waals surface area contributed by atoms with E-state index in [1.54, 1.807) is 11.3 Å². The van der Waals surface area contributed by atoms with Crippen molar-refractivity contribution >= 4 is 27.3 Å². The van der Waals surface area contributed by atoms with Gasteiger partial charge in [0, 0.05) is 21.5 Å². The molecule has 1 N–H and O–H groups in total. The highest BCUT2D eigenvalue weighted by Gasteiger charge is 2.21. The third-order valence-electron chi connectivity index (χ3n) is 3.17. The number of morpholine rings is 1. The van der Waals surface area contributed by atoms with E-state index in [0.717, 1.165) is 40.5 Å². The van der Waals surface area contributed by atoms with Crippen LogP contribution in [-0.4, -0.2) is 24.7 Å². The highest BCUT2D eigenvalue weighted by molar-refractivity contribution is 9.10. The van der Waals surface area contributed by atoms with E-state index < -0.39 is 0 Å². The SMILES string of the molecule is Cc1nc(-c2ccccc2Br)sc1C1COCCN1. The van der Waals surface area contributed by atoms with E-state index in [2.05, 4.69) is 34.2 Å². The van der Waals surface area contributed by atoms with Gasteiger partial charge in [-0.2, -0.15) is 0 Å². The molecule has 1 saturated heterocycles. The molecule has 1 fully saturated rings. The van der Waals surface area contributed by atoms with E-state index in [0.29, 0.717) is 0 Å². The molecular formula is C14H15BrN2OS. The number of hydrogen-bond acceptors (Lipinski definition) is 4. The van der Waals surface area contributed by atoms with Crippen LogP contribution in [0.25, 0.3) is 10.6 Å². The molecule has 1 atom stereocenters. The summed E-state index contributed by atoms with van der Waals surface area (Å²) in [4.78, 5) is 5.99. The minimum Gasteiger partial charge on any atom is -0.378 e. The predicted molar refractivity (Wildman–Crippen MR) is 81.5 cm³/mol. The summed E-state index contributed by atoms with van der Waals surface area (Å²) in [5.74, 6) is 0. The van der Waals surface area contributed by atoms with Gasteiger partial charge in [-0.15, -0.1) is 11.3 Å². The van der Waals surface area contributed by atoms with E-state index in [9.17, 15) is 0 Å². The highest BCUT2D eigenvalue weighted by Crippen LogP contribution is 2.35. The van der Waals surface area contributed by atoms with Gasteiger partial charge in [-0.25, -0.2) is 4.98 Å². The van der Waals surface area contributed by atoms with Gasteiger partial charge in [-0.1, -0.05) is 34.1 Å². The molecule has 1 unspecified atom stereocenters. The van der Waals surface area contributed by atoms with Gasteiger partial charge in [0.1, 0.15) is 5.01 Å². The van der Waals surface area contributed by atoms with Crippen LogP contribution in [0.3, 0.4) is 0 Å². The van der Waals surface area contributed by atoms with Crippen molar-refractivity contribution in [2.24, 2.45) is 0 Å². The minimum absolute atomic E-state index is 0.280. The molecular weight excluding hydrogens is 324 g/mol. The molecule has 2 heterocycles. The van der Waals surface area contributed by atoms with Gasteiger partial charge in [0.05, 0.1) is 24.9 Å². The fourth-order valence-corrected chi connectivity index (χ4v) is 3.98. The summed E-state index contributed by atoms with van der Waals surface area (Å²) in [7, 11) is 0. The molecule has 19 heavy (non-hydrogen) atoms. The third-order valence-corrected chi connectivity index (χ3v) is 5.17. The van der Waals surface area contributed by atoms with Crippen LogP contribution in [0.4, 0.5) is 0 Å². The maximum atomic E-state index is 5.54. The maximum Gasteiger partial charge on any atom is 0.125 e. The van der Waals surface area contributed by atoms with Crippen molar-refractivity contribution in [3.63, 3.8) is 0 Å². The van der Waals surface area contributed by atoms with Crippen LogP contribution in [-0.2, 0) is 4.74 Å². The van der Waals surface area contributed by atoms with Crippen molar-refractivity contribution < 1.29 is 4.74 Å². The van der Waals surface area contributed by atoms with Crippen molar-refractivity contribution in [2.75, 3.05) is 19.8 Å². The second kappa shape index (κ2) is 5.71. The van der Waals surface area contributed by atoms with E-state index in [1.165, 1.54) is 4.88 Å². The molecule has 3 nitrogen and oxygen atoms in total. The summed E-state index contributed by atoms with van der Waals surface area (Å²) in [5, 5.41) is 4.55. The first-order chi connectivity index (χ1) is 9.25. The fraction of sp³-hybridized carbons (Fsp3) is 0.357. The molecule has 0 aliphatic carbocycles. The molecule has 0 saturated carbocycles. The van der Waals surface area contributed by atoms with E-state index in [4.69, 9.17) is 9.72 Å². The summed E-state index contributed by atoms with van der Waals surface area (Å²) in [6.45, 7) is 4.51. The zero-order chi connectivity index (χ0) is 13.2. The molecule has 0 spiro atoms. The zero-order valence-electron chi connectivity index (χ0n) is 10.6. The monoisotopic (exact) mass is 338 g/mol. The van der Waals surface area contributed by atoms with Crippen LogP contribution in [0.15, 0.2) is 28.7 Å². The Morgan fingerprint density at radius 1 is 1.42 bits per heavy atom. The largest absolute Gasteiger partial charge is 0.378 e. The standard InChI is InChI=1S/C14H15BrN2OS/c1-9-13(12-8-18-7-6-16-12)19-14(17-9)10-4-2-3-5-11(10)15/h2-5,12,16H,6-8H2,1H3. The zero-order valence-corrected chi connectivity index (χ0v) is 13.1. The van der Waals surface area contributed by atoms with Gasteiger partial charge in [0.2, 0.25) is 0 Å². The second-order valence-electron chi connectivity index (χ2n) is 4.53. The topological polar surface area (TPSA) is 34.1 Å². The molecule has 1 aliphatic rings. The third kappa shape index (κ3) is 2.74. The first-order valence-corrected chi connectivity index (χ1v) is 7.90. The molecule has 1 aromatic heterocycles. The number of ether oxygens (including phenoxy) is 1. The van der Waals surface area contributed by atoms with Crippen LogP contribution in [0, 0.1) is 6.92 Å². The average Bonchev–Trinajstić information content (AvgIpc) is 2.82. The van der Waals surface area contributed by atoms with Crippen LogP contribution < -0.4 is 5.32 Å². The number of nitrogens with zero attached hydrogens (tertiary/aromatic N) is 1. The Bertz CT molecular complexity index is 579. The quantitative estimate of drug-likeness (QED) is 0.909. The Labute approximate surface area is 125 Å². The summed E-state index contributed by atoms with van der Waals surface area (Å²) in [6, 6.07) is 8.48. The van der Waals surface area contributed by atoms with Gasteiger partial charge in [-0.3, -0.25) is 0 Å². The summed E-state index contributed by atoms with van der Waals surface area (Å²) in [6.07, 6.45) is 0. The molecule has 0 bridgehead atoms. The first-order valence-electron chi connectivity index (χ1n) is 6.29. The van der Waals surface area contributed by atoms with Crippen molar-refractivity contribution in [3.05, 3.63) is 39.3 Å². The smallest absolute Gasteiger partial charge is 0.125 e. The number of hydrogen-bond donors (Lipinski definition) is 1. The number of halogens is 1. The second-order valence-corrected chi connectivity index (χ2v) is 6.42. The van der Waals surface area contributed by atoms with E-state index in [1.807, 2.05) is 18.2 Å². The van der Waals surface area contributed by atoms with Gasteiger partial charge >= 0.3 is 0 Å². The van der Waals surface area contributed by atoms with Gasteiger partial charge in [-0.05, 0) is 13.0 Å². The maximum absolute atomic E-state index is 5.54. The van der Waals surface area contributed by atoms with Crippen molar-refractivity contribution in [1.29, 1.82) is 0 Å². The van der Waals surface area contributed by atoms with Gasteiger partial charge < -0.3 is 10.1 Å². The molecule has 0 radical (unpaired) electrons. The molecule has 1 aliphatic heterocycles. The van der Waals surface area contributed by atoms with Crippen LogP contribution in [0.2, 0.25) is 0 Å². The van der Waals surface area contributed by atoms with Crippen LogP contribution >= 0.6 is 27.3 Å². The Hall–Kier alpha value is -0.750. The fourth-order valence-electron chi connectivity index (χ4n) is 2.22. The lowest BCUT2D eigenvalue weighted by atomic mass is 10.2. The number of thiazole rings is 1. The molecule has 3 rings (SSSR count). The number of aryl methyl sites for hydroxylation is 1. The van der Waals surface area contributed by atoms with Crippen molar-refractivity contribution in [3.8, 4) is 10.6 Å². The van der Waals surface area contributed by atoms with Gasteiger partial charge in [0.25, 0.3) is 0 Å². The lowest BCUT2D eigenvalue weighted by Gasteiger charge is -2.22. The Morgan fingerprint density at radius 2 is 2.26 bits per heavy atom. The van der Waals surface area contributed by atoms with Crippen LogP contribution in [0.1, 0.15) is 16.6 Å². The molecule has 2 aromatic rings. The number of benzene rings is 1. The average molecular weight is 339 g/mol. The van der Waals surface area contributed by atoms with E-state index >= 15 is 0 Å². The van der Waals surface area contributed by atoms with E-state index in [-0.39, 0.29) is 6.04 Å². The number of nitrogens with one attached hydrogen (secondary N) is 1. The van der Waals surface area contributed by atoms with Crippen molar-refractivity contribution in [2.45, 2.75) is 13.0 Å². The minimum atomic E-state index is 0.280. The number of rotatable bonds is 2. The molecule has 1 aromatic carbocycles.